The van der Waals surface area contributed by atoms with E-state index in [0.717, 1.165) is 16.0 Å². The van der Waals surface area contributed by atoms with Gasteiger partial charge in [-0.2, -0.15) is 4.98 Å². The van der Waals surface area contributed by atoms with Crippen LogP contribution in [0.15, 0.2) is 42.9 Å². The number of nitrogens with zero attached hydrogens (tertiary/aromatic N) is 5. The Balaban J connectivity index is 1.50. The van der Waals surface area contributed by atoms with Crippen LogP contribution < -0.4 is 10.2 Å². The van der Waals surface area contributed by atoms with Crippen molar-refractivity contribution in [1.29, 1.82) is 0 Å². The second kappa shape index (κ2) is 7.88. The highest BCUT2D eigenvalue weighted by Crippen LogP contribution is 2.28. The number of benzene rings is 1. The van der Waals surface area contributed by atoms with Crippen LogP contribution in [-0.2, 0) is 4.74 Å². The van der Waals surface area contributed by atoms with Crippen molar-refractivity contribution >= 4 is 17.9 Å². The third-order valence-corrected chi connectivity index (χ3v) is 4.90. The molecule has 1 fully saturated rings. The summed E-state index contributed by atoms with van der Waals surface area (Å²) in [7, 11) is 0. The number of carbonyl (C=O) groups is 1. The average molecular weight is 424 g/mol. The Morgan fingerprint density at radius 1 is 1.23 bits per heavy atom. The number of anilines is 2. The number of halogens is 1. The Bertz CT molecular complexity index is 1120. The molecule has 9 nitrogen and oxygen atoms in total. The van der Waals surface area contributed by atoms with E-state index >= 15 is 0 Å². The third-order valence-electron chi connectivity index (χ3n) is 4.90. The van der Waals surface area contributed by atoms with Crippen molar-refractivity contribution in [1.82, 2.24) is 19.9 Å². The van der Waals surface area contributed by atoms with Crippen LogP contribution in [0.25, 0.3) is 11.1 Å². The molecule has 10 heteroatoms. The van der Waals surface area contributed by atoms with Crippen molar-refractivity contribution in [2.45, 2.75) is 32.5 Å². The number of rotatable bonds is 5. The van der Waals surface area contributed by atoms with Crippen molar-refractivity contribution in [3.8, 4) is 11.1 Å². The van der Waals surface area contributed by atoms with Gasteiger partial charge in [-0.25, -0.2) is 29.0 Å². The molecule has 2 atom stereocenters. The molecule has 0 bridgehead atoms. The van der Waals surface area contributed by atoms with Crippen LogP contribution in [0.3, 0.4) is 0 Å². The van der Waals surface area contributed by atoms with Crippen molar-refractivity contribution < 1.29 is 19.0 Å². The fourth-order valence-corrected chi connectivity index (χ4v) is 3.20. The number of cyclic esters (lactones) is 1. The number of carbonyl (C=O) groups excluding carboxylic acids is 1. The number of hydrogen-bond acceptors (Lipinski definition) is 8. The quantitative estimate of drug-likeness (QED) is 0.642. The first kappa shape index (κ1) is 20.6. The van der Waals surface area contributed by atoms with Gasteiger partial charge in [0.25, 0.3) is 0 Å². The van der Waals surface area contributed by atoms with Crippen molar-refractivity contribution in [2.24, 2.45) is 0 Å². The lowest BCUT2D eigenvalue weighted by Gasteiger charge is -2.25. The smallest absolute Gasteiger partial charge is 0.418 e. The van der Waals surface area contributed by atoms with Crippen LogP contribution in [0.5, 0.6) is 0 Å². The molecular weight excluding hydrogens is 403 g/mol. The average Bonchev–Trinajstić information content (AvgIpc) is 3.02. The molecule has 160 valence electrons. The minimum absolute atomic E-state index is 0.150. The standard InChI is InChI=1S/C21H21FN6O3/c1-12-8-14(4-5-16(12)22)15-9-24-18(25-10-15)13(2)26-19-23-7-6-17(27-19)28-20(29)31-11-21(28,3)30/h4-10,13,30H,11H2,1-3H3,(H,23,26,27)/t13?,21-/m0/s1. The van der Waals surface area contributed by atoms with Gasteiger partial charge in [0.1, 0.15) is 24.1 Å². The van der Waals surface area contributed by atoms with Gasteiger partial charge in [-0.05, 0) is 50.1 Å². The number of aliphatic hydroxyl groups is 1. The van der Waals surface area contributed by atoms with E-state index in [1.165, 1.54) is 25.3 Å². The van der Waals surface area contributed by atoms with E-state index < -0.39 is 11.8 Å². The summed E-state index contributed by atoms with van der Waals surface area (Å²) in [5, 5.41) is 13.4. The minimum Gasteiger partial charge on any atom is -0.444 e. The van der Waals surface area contributed by atoms with E-state index in [0.29, 0.717) is 11.4 Å². The van der Waals surface area contributed by atoms with Crippen LogP contribution in [0.1, 0.15) is 31.3 Å². The molecule has 1 saturated heterocycles. The highest BCUT2D eigenvalue weighted by Gasteiger charge is 2.44. The number of aromatic nitrogens is 4. The highest BCUT2D eigenvalue weighted by molar-refractivity contribution is 5.89. The zero-order valence-corrected chi connectivity index (χ0v) is 17.2. The SMILES string of the molecule is Cc1cc(-c2cnc(C(C)Nc3nccc(N4C(=O)OC[C@]4(C)O)n3)nc2)ccc1F. The normalized spacial score (nSPS) is 19.3. The second-order valence-corrected chi connectivity index (χ2v) is 7.51. The molecule has 3 heterocycles. The zero-order valence-electron chi connectivity index (χ0n) is 17.2. The number of nitrogens with one attached hydrogen (secondary N) is 1. The summed E-state index contributed by atoms with van der Waals surface area (Å²) in [6.07, 6.45) is 4.13. The molecule has 1 aliphatic rings. The van der Waals surface area contributed by atoms with E-state index in [4.69, 9.17) is 4.74 Å². The van der Waals surface area contributed by atoms with Crippen LogP contribution in [0.2, 0.25) is 0 Å². The van der Waals surface area contributed by atoms with Crippen molar-refractivity contribution in [2.75, 3.05) is 16.8 Å². The molecule has 3 aromatic rings. The Hall–Kier alpha value is -3.66. The topological polar surface area (TPSA) is 113 Å². The summed E-state index contributed by atoms with van der Waals surface area (Å²) < 4.78 is 18.4. The van der Waals surface area contributed by atoms with Crippen molar-refractivity contribution in [3.63, 3.8) is 0 Å². The lowest BCUT2D eigenvalue weighted by atomic mass is 10.1. The third kappa shape index (κ3) is 4.15. The molecule has 0 spiro atoms. The molecule has 0 aliphatic carbocycles. The predicted octanol–water partition coefficient (Wildman–Crippen LogP) is 3.22. The highest BCUT2D eigenvalue weighted by atomic mass is 19.1. The van der Waals surface area contributed by atoms with Gasteiger partial charge in [-0.3, -0.25) is 0 Å². The van der Waals surface area contributed by atoms with Gasteiger partial charge in [0.15, 0.2) is 5.72 Å². The first-order valence-electron chi connectivity index (χ1n) is 9.62. The fourth-order valence-electron chi connectivity index (χ4n) is 3.20. The van der Waals surface area contributed by atoms with Gasteiger partial charge in [0.05, 0.1) is 6.04 Å². The molecule has 2 aromatic heterocycles. The monoisotopic (exact) mass is 424 g/mol. The minimum atomic E-state index is -1.49. The summed E-state index contributed by atoms with van der Waals surface area (Å²) in [5.41, 5.74) is 0.652. The van der Waals surface area contributed by atoms with Crippen molar-refractivity contribution in [3.05, 3.63) is 60.1 Å². The predicted molar refractivity (Wildman–Crippen MR) is 111 cm³/mol. The largest absolute Gasteiger partial charge is 0.444 e. The second-order valence-electron chi connectivity index (χ2n) is 7.51. The molecule has 1 amide bonds. The number of aryl methyl sites for hydroxylation is 1. The van der Waals surface area contributed by atoms with E-state index in [1.807, 2.05) is 6.92 Å². The summed E-state index contributed by atoms with van der Waals surface area (Å²) in [6.45, 7) is 4.86. The van der Waals surface area contributed by atoms with Gasteiger partial charge >= 0.3 is 6.09 Å². The zero-order chi connectivity index (χ0) is 22.2. The Labute approximate surface area is 178 Å². The lowest BCUT2D eigenvalue weighted by molar-refractivity contribution is 0.0475. The molecule has 1 aromatic carbocycles. The molecule has 31 heavy (non-hydrogen) atoms. The first-order chi connectivity index (χ1) is 14.7. The molecule has 1 unspecified atom stereocenters. The fraction of sp³-hybridized carbons (Fsp3) is 0.286. The molecule has 4 rings (SSSR count). The molecule has 0 saturated carbocycles. The summed E-state index contributed by atoms with van der Waals surface area (Å²) in [4.78, 5) is 30.3. The van der Waals surface area contributed by atoms with Crippen LogP contribution in [0.4, 0.5) is 21.0 Å². The van der Waals surface area contributed by atoms with E-state index in [2.05, 4.69) is 25.3 Å². The Kier molecular flexibility index (Phi) is 5.24. The van der Waals surface area contributed by atoms with Crippen LogP contribution >= 0.6 is 0 Å². The number of hydrogen-bond donors (Lipinski definition) is 2. The Morgan fingerprint density at radius 3 is 2.61 bits per heavy atom. The molecule has 0 radical (unpaired) electrons. The number of ether oxygens (including phenoxy) is 1. The van der Waals surface area contributed by atoms with Gasteiger partial charge in [0, 0.05) is 24.2 Å². The molecule has 1 aliphatic heterocycles. The maximum Gasteiger partial charge on any atom is 0.418 e. The summed E-state index contributed by atoms with van der Waals surface area (Å²) in [5.74, 6) is 0.691. The first-order valence-corrected chi connectivity index (χ1v) is 9.62. The van der Waals surface area contributed by atoms with Crippen LogP contribution in [-0.4, -0.2) is 43.5 Å². The van der Waals surface area contributed by atoms with Crippen LogP contribution in [0, 0.1) is 12.7 Å². The van der Waals surface area contributed by atoms with Gasteiger partial charge in [0.2, 0.25) is 5.95 Å². The number of amides is 1. The van der Waals surface area contributed by atoms with Gasteiger partial charge < -0.3 is 15.2 Å². The summed E-state index contributed by atoms with van der Waals surface area (Å²) >= 11 is 0. The van der Waals surface area contributed by atoms with Gasteiger partial charge in [-0.15, -0.1) is 0 Å². The van der Waals surface area contributed by atoms with E-state index in [1.54, 1.807) is 31.5 Å². The molecular formula is C21H21FN6O3. The summed E-state index contributed by atoms with van der Waals surface area (Å²) in [6, 6.07) is 6.01. The molecule has 2 N–H and O–H groups in total. The maximum atomic E-state index is 13.5. The maximum absolute atomic E-state index is 13.5. The Morgan fingerprint density at radius 2 is 1.97 bits per heavy atom. The van der Waals surface area contributed by atoms with E-state index in [9.17, 15) is 14.3 Å². The van der Waals surface area contributed by atoms with E-state index in [-0.39, 0.29) is 30.2 Å². The van der Waals surface area contributed by atoms with Gasteiger partial charge in [-0.1, -0.05) is 6.07 Å². The lowest BCUT2D eigenvalue weighted by Crippen LogP contribution is -2.45.